The Morgan fingerprint density at radius 1 is 0.938 bits per heavy atom. The Labute approximate surface area is 185 Å². The summed E-state index contributed by atoms with van der Waals surface area (Å²) >= 11 is 0. The van der Waals surface area contributed by atoms with Crippen molar-refractivity contribution in [2.45, 2.75) is 35.5 Å². The van der Waals surface area contributed by atoms with Crippen molar-refractivity contribution in [3.63, 3.8) is 0 Å². The summed E-state index contributed by atoms with van der Waals surface area (Å²) < 4.78 is 62.4. The molecular formula is C20H22N4O6S2. The van der Waals surface area contributed by atoms with E-state index < -0.39 is 25.8 Å². The lowest BCUT2D eigenvalue weighted by Crippen LogP contribution is -2.30. The van der Waals surface area contributed by atoms with Gasteiger partial charge in [0.1, 0.15) is 5.84 Å². The standard InChI is InChI=1S/C20H22N4O6S2/c1-24-17-10-9-16(13-18(17)30-20(24)25)31(26,27)22-14-6-5-7-15(12-14)32(28,29)23-19-8-3-2-4-11-21-19/h5-7,9-10,12-13,22H,2-4,8,11H2,1H3,(H,21,23). The third-order valence-corrected chi connectivity index (χ3v) is 7.86. The molecule has 1 aromatic heterocycles. The molecule has 0 saturated heterocycles. The molecule has 170 valence electrons. The van der Waals surface area contributed by atoms with Gasteiger partial charge in [-0.1, -0.05) is 12.5 Å². The fraction of sp³-hybridized carbons (Fsp3) is 0.300. The van der Waals surface area contributed by atoms with Gasteiger partial charge in [0.05, 0.1) is 21.0 Å². The van der Waals surface area contributed by atoms with Crippen LogP contribution in [0.1, 0.15) is 25.7 Å². The molecule has 10 nitrogen and oxygen atoms in total. The summed E-state index contributed by atoms with van der Waals surface area (Å²) in [5, 5.41) is 0. The Morgan fingerprint density at radius 2 is 1.69 bits per heavy atom. The van der Waals surface area contributed by atoms with Crippen LogP contribution in [0.5, 0.6) is 0 Å². The van der Waals surface area contributed by atoms with Gasteiger partial charge in [-0.25, -0.2) is 21.6 Å². The first-order valence-corrected chi connectivity index (χ1v) is 12.9. The average molecular weight is 479 g/mol. The van der Waals surface area contributed by atoms with Crippen LogP contribution >= 0.6 is 0 Å². The topological polar surface area (TPSA) is 140 Å². The van der Waals surface area contributed by atoms with Crippen LogP contribution in [0.25, 0.3) is 11.1 Å². The van der Waals surface area contributed by atoms with Gasteiger partial charge in [-0.15, -0.1) is 0 Å². The average Bonchev–Trinajstić information content (AvgIpc) is 2.89. The van der Waals surface area contributed by atoms with Crippen molar-refractivity contribution in [1.82, 2.24) is 9.29 Å². The van der Waals surface area contributed by atoms with Crippen molar-refractivity contribution in [2.24, 2.45) is 12.0 Å². The van der Waals surface area contributed by atoms with Gasteiger partial charge in [0, 0.05) is 26.1 Å². The van der Waals surface area contributed by atoms with Crippen molar-refractivity contribution in [1.29, 1.82) is 0 Å². The van der Waals surface area contributed by atoms with E-state index in [1.165, 1.54) is 54.1 Å². The monoisotopic (exact) mass is 478 g/mol. The van der Waals surface area contributed by atoms with E-state index in [2.05, 4.69) is 14.4 Å². The maximum absolute atomic E-state index is 12.8. The molecule has 2 aromatic carbocycles. The van der Waals surface area contributed by atoms with E-state index in [-0.39, 0.29) is 21.1 Å². The minimum absolute atomic E-state index is 0.0743. The molecule has 2 N–H and O–H groups in total. The van der Waals surface area contributed by atoms with Crippen LogP contribution in [0.4, 0.5) is 5.69 Å². The molecule has 0 saturated carbocycles. The lowest BCUT2D eigenvalue weighted by Gasteiger charge is -2.12. The number of benzene rings is 2. The summed E-state index contributed by atoms with van der Waals surface area (Å²) in [4.78, 5) is 15.7. The predicted molar refractivity (Wildman–Crippen MR) is 120 cm³/mol. The first-order valence-electron chi connectivity index (χ1n) is 9.94. The first-order chi connectivity index (χ1) is 15.2. The number of aliphatic imine (C=N–C) groups is 1. The number of oxazole rings is 1. The van der Waals surface area contributed by atoms with Gasteiger partial charge >= 0.3 is 5.76 Å². The Bertz CT molecular complexity index is 1470. The van der Waals surface area contributed by atoms with Crippen LogP contribution in [0.3, 0.4) is 0 Å². The highest BCUT2D eigenvalue weighted by Gasteiger charge is 2.20. The molecule has 0 aliphatic carbocycles. The van der Waals surface area contributed by atoms with E-state index in [1.54, 1.807) is 0 Å². The molecule has 1 aliphatic heterocycles. The largest absolute Gasteiger partial charge is 0.419 e. The van der Waals surface area contributed by atoms with Gasteiger partial charge in [-0.05, 0) is 43.2 Å². The molecular weight excluding hydrogens is 456 g/mol. The van der Waals surface area contributed by atoms with Gasteiger partial charge in [-0.3, -0.25) is 19.0 Å². The van der Waals surface area contributed by atoms with Gasteiger partial charge in [0.2, 0.25) is 0 Å². The second-order valence-electron chi connectivity index (χ2n) is 7.43. The zero-order valence-corrected chi connectivity index (χ0v) is 18.9. The van der Waals surface area contributed by atoms with Crippen LogP contribution in [0.15, 0.2) is 66.5 Å². The third-order valence-electron chi connectivity index (χ3n) is 5.10. The number of amidine groups is 1. The Kier molecular flexibility index (Phi) is 5.82. The number of hydrogen-bond donors (Lipinski definition) is 2. The number of fused-ring (bicyclic) bond motifs is 1. The van der Waals surface area contributed by atoms with Gasteiger partial charge in [0.25, 0.3) is 20.0 Å². The molecule has 0 radical (unpaired) electrons. The number of nitrogens with zero attached hydrogens (tertiary/aromatic N) is 2. The fourth-order valence-corrected chi connectivity index (χ4v) is 5.59. The molecule has 0 atom stereocenters. The van der Waals surface area contributed by atoms with E-state index in [1.807, 2.05) is 0 Å². The van der Waals surface area contributed by atoms with Crippen LogP contribution in [0.2, 0.25) is 0 Å². The predicted octanol–water partition coefficient (Wildman–Crippen LogP) is 2.18. The SMILES string of the molecule is Cn1c(=O)oc2cc(S(=O)(=O)Nc3cccc(S(=O)(=O)NC4=NCCCCC4)c3)ccc21. The van der Waals surface area contributed by atoms with Gasteiger partial charge < -0.3 is 4.42 Å². The van der Waals surface area contributed by atoms with Crippen molar-refractivity contribution in [3.8, 4) is 0 Å². The fourth-order valence-electron chi connectivity index (χ4n) is 3.39. The van der Waals surface area contributed by atoms with Crippen LogP contribution < -0.4 is 15.2 Å². The maximum atomic E-state index is 12.8. The first kappa shape index (κ1) is 22.1. The zero-order valence-electron chi connectivity index (χ0n) is 17.2. The van der Waals surface area contributed by atoms with Crippen molar-refractivity contribution < 1.29 is 21.3 Å². The highest BCUT2D eigenvalue weighted by Crippen LogP contribution is 2.22. The lowest BCUT2D eigenvalue weighted by atomic mass is 10.2. The second kappa shape index (κ2) is 8.43. The van der Waals surface area contributed by atoms with E-state index in [4.69, 9.17) is 4.42 Å². The molecule has 32 heavy (non-hydrogen) atoms. The Hall–Kier alpha value is -3.12. The molecule has 0 fully saturated rings. The number of aryl methyl sites for hydroxylation is 1. The van der Waals surface area contributed by atoms with Crippen LogP contribution in [-0.2, 0) is 27.1 Å². The minimum Gasteiger partial charge on any atom is -0.408 e. The molecule has 12 heteroatoms. The molecule has 3 aromatic rings. The smallest absolute Gasteiger partial charge is 0.408 e. The normalized spacial score (nSPS) is 15.2. The maximum Gasteiger partial charge on any atom is 0.419 e. The number of aromatic nitrogens is 1. The lowest BCUT2D eigenvalue weighted by molar-refractivity contribution is 0.527. The van der Waals surface area contributed by atoms with E-state index in [9.17, 15) is 21.6 Å². The summed E-state index contributed by atoms with van der Waals surface area (Å²) in [6.07, 6.45) is 3.31. The van der Waals surface area contributed by atoms with Crippen molar-refractivity contribution in [2.75, 3.05) is 11.3 Å². The Morgan fingerprint density at radius 3 is 2.50 bits per heavy atom. The van der Waals surface area contributed by atoms with Gasteiger partial charge in [-0.2, -0.15) is 0 Å². The van der Waals surface area contributed by atoms with E-state index >= 15 is 0 Å². The number of anilines is 1. The number of nitrogens with one attached hydrogen (secondary N) is 2. The number of hydrogen-bond acceptors (Lipinski definition) is 7. The van der Waals surface area contributed by atoms with Crippen LogP contribution in [0, 0.1) is 0 Å². The molecule has 1 aliphatic rings. The second-order valence-corrected chi connectivity index (χ2v) is 10.8. The van der Waals surface area contributed by atoms with E-state index in [0.717, 1.165) is 19.3 Å². The quantitative estimate of drug-likeness (QED) is 0.576. The minimum atomic E-state index is -4.06. The number of sulfonamides is 2. The summed E-state index contributed by atoms with van der Waals surface area (Å²) in [7, 11) is -6.47. The van der Waals surface area contributed by atoms with Crippen LogP contribution in [-0.4, -0.2) is 33.8 Å². The molecule has 0 spiro atoms. The summed E-state index contributed by atoms with van der Waals surface area (Å²) in [5.74, 6) is -0.197. The van der Waals surface area contributed by atoms with Crippen molar-refractivity contribution in [3.05, 3.63) is 53.0 Å². The molecule has 0 bridgehead atoms. The van der Waals surface area contributed by atoms with E-state index in [0.29, 0.717) is 24.3 Å². The van der Waals surface area contributed by atoms with Gasteiger partial charge in [0.15, 0.2) is 5.58 Å². The van der Waals surface area contributed by atoms with Crippen molar-refractivity contribution >= 4 is 42.7 Å². The zero-order chi connectivity index (χ0) is 22.9. The third kappa shape index (κ3) is 4.55. The molecule has 0 amide bonds. The highest BCUT2D eigenvalue weighted by molar-refractivity contribution is 7.92. The summed E-state index contributed by atoms with van der Waals surface area (Å²) in [5.41, 5.74) is 0.657. The Balaban J connectivity index is 1.59. The highest BCUT2D eigenvalue weighted by atomic mass is 32.2. The molecule has 0 unspecified atom stereocenters. The summed E-state index contributed by atoms with van der Waals surface area (Å²) in [6, 6.07) is 9.55. The molecule has 4 rings (SSSR count). The molecule has 2 heterocycles. The summed E-state index contributed by atoms with van der Waals surface area (Å²) in [6.45, 7) is 0.573. The number of rotatable bonds is 5.